The van der Waals surface area contributed by atoms with E-state index >= 15 is 0 Å². The molecule has 0 spiro atoms. The van der Waals surface area contributed by atoms with Crippen molar-refractivity contribution in [2.75, 3.05) is 12.0 Å². The number of nitrogens with one attached hydrogen (secondary N) is 1. The molecule has 0 unspecified atom stereocenters. The first-order valence-electron chi connectivity index (χ1n) is 3.47. The second-order valence-corrected chi connectivity index (χ2v) is 3.19. The van der Waals surface area contributed by atoms with Crippen LogP contribution in [0.25, 0.3) is 0 Å². The van der Waals surface area contributed by atoms with Gasteiger partial charge in [-0.25, -0.2) is 0 Å². The summed E-state index contributed by atoms with van der Waals surface area (Å²) >= 11 is 1.80. The van der Waals surface area contributed by atoms with Crippen molar-refractivity contribution in [2.24, 2.45) is 0 Å². The van der Waals surface area contributed by atoms with E-state index in [1.165, 1.54) is 5.57 Å². The number of hydrogen-bond acceptors (Lipinski definition) is 2. The fourth-order valence-corrected chi connectivity index (χ4v) is 1.16. The molecule has 1 aliphatic carbocycles. The monoisotopic (exact) mass is 165 g/mol. The smallest absolute Gasteiger partial charge is 0.0540 e. The molecule has 1 nitrogen and oxygen atoms in total. The molecule has 0 saturated carbocycles. The van der Waals surface area contributed by atoms with Crippen LogP contribution in [0.4, 0.5) is 0 Å². The number of hydrogen-bond donors (Lipinski definition) is 1. The summed E-state index contributed by atoms with van der Waals surface area (Å²) in [5.41, 5.74) is 1.78. The standard InChI is InChI=1S/C9H11NS/c1-11-7-6-8-2-4-9(10)5-3-8/h2-6,10H,7H2,1H3. The first kappa shape index (κ1) is 8.34. The third kappa shape index (κ3) is 2.76. The van der Waals surface area contributed by atoms with Crippen LogP contribution in [0, 0.1) is 5.41 Å². The summed E-state index contributed by atoms with van der Waals surface area (Å²) < 4.78 is 0. The molecule has 0 aromatic rings. The van der Waals surface area contributed by atoms with Crippen molar-refractivity contribution < 1.29 is 0 Å². The van der Waals surface area contributed by atoms with Crippen LogP contribution in [-0.4, -0.2) is 17.7 Å². The molecule has 1 N–H and O–H groups in total. The van der Waals surface area contributed by atoms with Gasteiger partial charge in [0.1, 0.15) is 0 Å². The minimum atomic E-state index is 0.575. The Morgan fingerprint density at radius 1 is 1.36 bits per heavy atom. The van der Waals surface area contributed by atoms with E-state index < -0.39 is 0 Å². The van der Waals surface area contributed by atoms with Crippen LogP contribution in [0.3, 0.4) is 0 Å². The molecule has 1 aliphatic rings. The van der Waals surface area contributed by atoms with Crippen LogP contribution in [0.5, 0.6) is 0 Å². The summed E-state index contributed by atoms with van der Waals surface area (Å²) in [7, 11) is 0. The number of thioether (sulfide) groups is 1. The van der Waals surface area contributed by atoms with Gasteiger partial charge in [0.05, 0.1) is 5.71 Å². The van der Waals surface area contributed by atoms with Gasteiger partial charge in [0.2, 0.25) is 0 Å². The summed E-state index contributed by atoms with van der Waals surface area (Å²) in [5.74, 6) is 1.04. The third-order valence-corrected chi connectivity index (χ3v) is 1.90. The minimum Gasteiger partial charge on any atom is -0.301 e. The van der Waals surface area contributed by atoms with Crippen molar-refractivity contribution in [2.45, 2.75) is 0 Å². The second kappa shape index (κ2) is 4.19. The fraction of sp³-hybridized carbons (Fsp3) is 0.222. The average molecular weight is 165 g/mol. The lowest BCUT2D eigenvalue weighted by atomic mass is 10.1. The van der Waals surface area contributed by atoms with Crippen LogP contribution in [-0.2, 0) is 0 Å². The molecule has 0 amide bonds. The molecule has 0 saturated heterocycles. The largest absolute Gasteiger partial charge is 0.301 e. The summed E-state index contributed by atoms with van der Waals surface area (Å²) in [4.78, 5) is 0. The lowest BCUT2D eigenvalue weighted by molar-refractivity contribution is 1.50. The molecule has 0 bridgehead atoms. The molecule has 2 heteroatoms. The maximum Gasteiger partial charge on any atom is 0.0540 e. The van der Waals surface area contributed by atoms with Gasteiger partial charge >= 0.3 is 0 Å². The predicted octanol–water partition coefficient (Wildman–Crippen LogP) is 2.42. The van der Waals surface area contributed by atoms with Gasteiger partial charge in [0.25, 0.3) is 0 Å². The first-order chi connectivity index (χ1) is 5.33. The second-order valence-electron chi connectivity index (χ2n) is 2.28. The highest BCUT2D eigenvalue weighted by Gasteiger charge is 1.93. The Bertz CT molecular complexity index is 218. The average Bonchev–Trinajstić information content (AvgIpc) is 2.04. The highest BCUT2D eigenvalue weighted by Crippen LogP contribution is 2.07. The molecular weight excluding hydrogens is 154 g/mol. The highest BCUT2D eigenvalue weighted by molar-refractivity contribution is 7.98. The topological polar surface area (TPSA) is 23.9 Å². The van der Waals surface area contributed by atoms with Crippen LogP contribution in [0.2, 0.25) is 0 Å². The zero-order chi connectivity index (χ0) is 8.10. The third-order valence-electron chi connectivity index (χ3n) is 1.40. The Hall–Kier alpha value is -0.760. The Kier molecular flexibility index (Phi) is 3.17. The molecule has 0 aromatic heterocycles. The van der Waals surface area contributed by atoms with Gasteiger partial charge in [0.15, 0.2) is 0 Å². The van der Waals surface area contributed by atoms with Crippen molar-refractivity contribution in [1.82, 2.24) is 0 Å². The number of allylic oxidation sites excluding steroid dienone is 5. The van der Waals surface area contributed by atoms with Gasteiger partial charge in [-0.15, -0.1) is 0 Å². The van der Waals surface area contributed by atoms with Crippen molar-refractivity contribution in [3.63, 3.8) is 0 Å². The molecule has 58 valence electrons. The van der Waals surface area contributed by atoms with Gasteiger partial charge in [-0.1, -0.05) is 18.2 Å². The van der Waals surface area contributed by atoms with E-state index in [9.17, 15) is 0 Å². The zero-order valence-electron chi connectivity index (χ0n) is 6.50. The molecule has 1 rings (SSSR count). The van der Waals surface area contributed by atoms with Crippen LogP contribution in [0.15, 0.2) is 36.0 Å². The molecule has 0 aliphatic heterocycles. The van der Waals surface area contributed by atoms with Gasteiger partial charge < -0.3 is 5.41 Å². The Labute approximate surface area is 71.4 Å². The maximum absolute atomic E-state index is 7.25. The molecule has 0 atom stereocenters. The summed E-state index contributed by atoms with van der Waals surface area (Å²) in [6.45, 7) is 0. The molecule has 0 heterocycles. The van der Waals surface area contributed by atoms with Crippen molar-refractivity contribution in [3.8, 4) is 0 Å². The molecule has 0 radical (unpaired) electrons. The van der Waals surface area contributed by atoms with Gasteiger partial charge in [-0.05, 0) is 24.0 Å². The molecule has 0 aromatic carbocycles. The normalized spacial score (nSPS) is 15.7. The van der Waals surface area contributed by atoms with Gasteiger partial charge in [-0.2, -0.15) is 11.8 Å². The number of rotatable bonds is 2. The van der Waals surface area contributed by atoms with E-state index in [1.54, 1.807) is 11.8 Å². The van der Waals surface area contributed by atoms with E-state index in [1.807, 2.05) is 24.3 Å². The van der Waals surface area contributed by atoms with Crippen molar-refractivity contribution in [1.29, 1.82) is 5.41 Å². The quantitative estimate of drug-likeness (QED) is 0.667. The highest BCUT2D eigenvalue weighted by atomic mass is 32.2. The van der Waals surface area contributed by atoms with Crippen molar-refractivity contribution >= 4 is 17.5 Å². The van der Waals surface area contributed by atoms with Crippen LogP contribution >= 0.6 is 11.8 Å². The van der Waals surface area contributed by atoms with Gasteiger partial charge in [0, 0.05) is 5.75 Å². The maximum atomic E-state index is 7.25. The van der Waals surface area contributed by atoms with E-state index in [0.717, 1.165) is 5.75 Å². The Morgan fingerprint density at radius 2 is 2.00 bits per heavy atom. The lowest BCUT2D eigenvalue weighted by Crippen LogP contribution is -1.90. The van der Waals surface area contributed by atoms with Crippen molar-refractivity contribution in [3.05, 3.63) is 36.0 Å². The minimum absolute atomic E-state index is 0.575. The van der Waals surface area contributed by atoms with E-state index in [-0.39, 0.29) is 0 Å². The van der Waals surface area contributed by atoms with Gasteiger partial charge in [-0.3, -0.25) is 0 Å². The lowest BCUT2D eigenvalue weighted by Gasteiger charge is -1.99. The first-order valence-corrected chi connectivity index (χ1v) is 4.86. The predicted molar refractivity (Wildman–Crippen MR) is 52.5 cm³/mol. The van der Waals surface area contributed by atoms with Crippen LogP contribution in [0.1, 0.15) is 0 Å². The summed E-state index contributed by atoms with van der Waals surface area (Å²) in [6, 6.07) is 0. The Balaban J connectivity index is 2.57. The summed E-state index contributed by atoms with van der Waals surface area (Å²) in [5, 5.41) is 7.25. The van der Waals surface area contributed by atoms with E-state index in [0.29, 0.717) is 5.71 Å². The fourth-order valence-electron chi connectivity index (χ4n) is 0.799. The van der Waals surface area contributed by atoms with Crippen LogP contribution < -0.4 is 0 Å². The van der Waals surface area contributed by atoms with E-state index in [2.05, 4.69) is 12.3 Å². The molecule has 11 heavy (non-hydrogen) atoms. The Morgan fingerprint density at radius 3 is 2.55 bits per heavy atom. The summed E-state index contributed by atoms with van der Waals surface area (Å²) in [6.07, 6.45) is 11.8. The SMILES string of the molecule is CSCC=C1C=CC(=N)C=C1. The molecular formula is C9H11NS. The molecule has 0 fully saturated rings. The zero-order valence-corrected chi connectivity index (χ0v) is 7.32. The van der Waals surface area contributed by atoms with E-state index in [4.69, 9.17) is 5.41 Å².